The summed E-state index contributed by atoms with van der Waals surface area (Å²) in [5.74, 6) is -0.718. The lowest BCUT2D eigenvalue weighted by Crippen LogP contribution is -2.23. The number of carboxylic acid groups (broad SMARTS) is 1. The fourth-order valence-electron chi connectivity index (χ4n) is 2.11. The van der Waals surface area contributed by atoms with Gasteiger partial charge >= 0.3 is 5.97 Å². The van der Waals surface area contributed by atoms with E-state index in [-0.39, 0.29) is 17.9 Å². The summed E-state index contributed by atoms with van der Waals surface area (Å²) in [6.45, 7) is -0.182. The summed E-state index contributed by atoms with van der Waals surface area (Å²) in [7, 11) is -3.66. The summed E-state index contributed by atoms with van der Waals surface area (Å²) in [5, 5.41) is 10.7. The van der Waals surface area contributed by atoms with E-state index in [1.165, 1.54) is 23.7 Å². The Bertz CT molecular complexity index is 770. The first-order valence-corrected chi connectivity index (χ1v) is 8.72. The highest BCUT2D eigenvalue weighted by Crippen LogP contribution is 2.44. The van der Waals surface area contributed by atoms with Gasteiger partial charge in [-0.3, -0.25) is 0 Å². The zero-order valence-electron chi connectivity index (χ0n) is 10.9. The van der Waals surface area contributed by atoms with Gasteiger partial charge in [-0.25, -0.2) is 17.9 Å². The van der Waals surface area contributed by atoms with Crippen molar-refractivity contribution >= 4 is 27.3 Å². The Labute approximate surface area is 125 Å². The van der Waals surface area contributed by atoms with Gasteiger partial charge in [-0.15, -0.1) is 11.3 Å². The Morgan fingerprint density at radius 2 is 2.19 bits per heavy atom. The zero-order chi connectivity index (χ0) is 15.0. The van der Waals surface area contributed by atoms with Crippen molar-refractivity contribution in [1.29, 1.82) is 0 Å². The summed E-state index contributed by atoms with van der Waals surface area (Å²) >= 11 is 1.18. The molecule has 0 amide bonds. The highest BCUT2D eigenvalue weighted by atomic mass is 32.2. The third-order valence-corrected chi connectivity index (χ3v) is 6.24. The topological polar surface area (TPSA) is 96.6 Å². The second-order valence-corrected chi connectivity index (χ2v) is 7.70. The molecule has 6 nitrogen and oxygen atoms in total. The molecule has 2 aromatic heterocycles. The monoisotopic (exact) mass is 327 g/mol. The number of nitrogens with one attached hydrogen (secondary N) is 1. The smallest absolute Gasteiger partial charge is 0.339 e. The van der Waals surface area contributed by atoms with Gasteiger partial charge in [0.25, 0.3) is 10.0 Å². The van der Waals surface area contributed by atoms with Crippen molar-refractivity contribution in [3.8, 4) is 0 Å². The van der Waals surface area contributed by atoms with Gasteiger partial charge in [0.05, 0.1) is 12.8 Å². The molecule has 8 heteroatoms. The predicted octanol–water partition coefficient (Wildman–Crippen LogP) is 2.40. The van der Waals surface area contributed by atoms with Crippen LogP contribution in [0, 0.1) is 0 Å². The maximum Gasteiger partial charge on any atom is 0.339 e. The molecular weight excluding hydrogens is 314 g/mol. The third kappa shape index (κ3) is 2.87. The van der Waals surface area contributed by atoms with Crippen molar-refractivity contribution in [2.75, 3.05) is 0 Å². The molecule has 0 saturated heterocycles. The van der Waals surface area contributed by atoms with Crippen LogP contribution in [0.3, 0.4) is 0 Å². The summed E-state index contributed by atoms with van der Waals surface area (Å²) in [4.78, 5) is 11.0. The second-order valence-electron chi connectivity index (χ2n) is 4.82. The van der Waals surface area contributed by atoms with E-state index in [1.807, 2.05) is 6.07 Å². The van der Waals surface area contributed by atoms with Gasteiger partial charge in [-0.1, -0.05) is 0 Å². The molecule has 0 bridgehead atoms. The van der Waals surface area contributed by atoms with E-state index in [9.17, 15) is 13.2 Å². The molecule has 1 fully saturated rings. The van der Waals surface area contributed by atoms with Crippen molar-refractivity contribution in [2.45, 2.75) is 29.5 Å². The fourth-order valence-corrected chi connectivity index (χ4v) is 4.67. The number of aromatic carboxylic acids is 1. The van der Waals surface area contributed by atoms with Gasteiger partial charge in [-0.05, 0) is 41.8 Å². The first-order valence-electron chi connectivity index (χ1n) is 6.36. The lowest BCUT2D eigenvalue weighted by atomic mass is 10.2. The van der Waals surface area contributed by atoms with Crippen LogP contribution in [0.25, 0.3) is 0 Å². The molecule has 0 aliphatic heterocycles. The number of carbonyl (C=O) groups is 1. The van der Waals surface area contributed by atoms with E-state index >= 15 is 0 Å². The Morgan fingerprint density at radius 1 is 1.43 bits per heavy atom. The van der Waals surface area contributed by atoms with Gasteiger partial charge in [0.2, 0.25) is 0 Å². The summed E-state index contributed by atoms with van der Waals surface area (Å²) in [6, 6.07) is 3.14. The Balaban J connectivity index is 1.78. The van der Waals surface area contributed by atoms with Crippen LogP contribution in [0.15, 0.2) is 32.4 Å². The van der Waals surface area contributed by atoms with Gasteiger partial charge in [0.15, 0.2) is 0 Å². The van der Waals surface area contributed by atoms with E-state index in [4.69, 9.17) is 9.52 Å². The standard InChI is InChI=1S/C13H13NO5S2/c15-12(16)10-3-5-19-11(10)7-14-21(17,18)13-9(4-6-20-13)8-1-2-8/h3-6,8,14H,1-2,7H2,(H,15,16). The van der Waals surface area contributed by atoms with E-state index < -0.39 is 16.0 Å². The molecule has 112 valence electrons. The summed E-state index contributed by atoms with van der Waals surface area (Å²) in [6.07, 6.45) is 3.26. The SMILES string of the molecule is O=C(O)c1ccoc1CNS(=O)(=O)c1sccc1C1CC1. The zero-order valence-corrected chi connectivity index (χ0v) is 12.5. The Morgan fingerprint density at radius 3 is 2.86 bits per heavy atom. The molecule has 0 atom stereocenters. The lowest BCUT2D eigenvalue weighted by Gasteiger charge is -2.06. The first kappa shape index (κ1) is 14.3. The number of carboxylic acids is 1. The van der Waals surface area contributed by atoms with Crippen LogP contribution < -0.4 is 4.72 Å². The van der Waals surface area contributed by atoms with Crippen LogP contribution in [0.1, 0.15) is 40.4 Å². The lowest BCUT2D eigenvalue weighted by molar-refractivity contribution is 0.0694. The van der Waals surface area contributed by atoms with Crippen LogP contribution >= 0.6 is 11.3 Å². The van der Waals surface area contributed by atoms with Crippen molar-refractivity contribution in [1.82, 2.24) is 4.72 Å². The Hall–Kier alpha value is -1.64. The summed E-state index contributed by atoms with van der Waals surface area (Å²) in [5.41, 5.74) is 0.816. The molecule has 3 rings (SSSR count). The maximum atomic E-state index is 12.3. The quantitative estimate of drug-likeness (QED) is 0.849. The first-order chi connectivity index (χ1) is 9.99. The Kier molecular flexibility index (Phi) is 3.60. The van der Waals surface area contributed by atoms with Crippen LogP contribution in [0.4, 0.5) is 0 Å². The van der Waals surface area contributed by atoms with E-state index in [0.29, 0.717) is 10.1 Å². The molecule has 2 N–H and O–H groups in total. The average Bonchev–Trinajstić information content (AvgIpc) is 2.98. The molecule has 2 heterocycles. The van der Waals surface area contributed by atoms with Crippen LogP contribution in [0.2, 0.25) is 0 Å². The number of sulfonamides is 1. The highest BCUT2D eigenvalue weighted by molar-refractivity contribution is 7.91. The number of furan rings is 1. The molecule has 0 aromatic carbocycles. The minimum atomic E-state index is -3.66. The molecular formula is C13H13NO5S2. The molecule has 1 aliphatic rings. The van der Waals surface area contributed by atoms with Gasteiger partial charge in [-0.2, -0.15) is 0 Å². The van der Waals surface area contributed by atoms with Gasteiger partial charge in [0.1, 0.15) is 15.5 Å². The van der Waals surface area contributed by atoms with Crippen LogP contribution in [-0.2, 0) is 16.6 Å². The summed E-state index contributed by atoms with van der Waals surface area (Å²) < 4.78 is 32.4. The van der Waals surface area contributed by atoms with Crippen LogP contribution in [-0.4, -0.2) is 19.5 Å². The minimum absolute atomic E-state index is 0.0358. The number of thiophene rings is 1. The molecule has 0 spiro atoms. The second kappa shape index (κ2) is 5.28. The minimum Gasteiger partial charge on any atom is -0.478 e. The van der Waals surface area contributed by atoms with Gasteiger partial charge < -0.3 is 9.52 Å². The molecule has 21 heavy (non-hydrogen) atoms. The molecule has 1 aliphatic carbocycles. The van der Waals surface area contributed by atoms with E-state index in [2.05, 4.69) is 4.72 Å². The third-order valence-electron chi connectivity index (χ3n) is 3.32. The van der Waals surface area contributed by atoms with Gasteiger partial charge in [0, 0.05) is 0 Å². The van der Waals surface area contributed by atoms with E-state index in [1.54, 1.807) is 5.38 Å². The molecule has 1 saturated carbocycles. The normalized spacial score (nSPS) is 15.2. The van der Waals surface area contributed by atoms with Crippen molar-refractivity contribution in [3.63, 3.8) is 0 Å². The van der Waals surface area contributed by atoms with E-state index in [0.717, 1.165) is 18.4 Å². The molecule has 2 aromatic rings. The number of hydrogen-bond acceptors (Lipinski definition) is 5. The van der Waals surface area contributed by atoms with Crippen molar-refractivity contribution < 1.29 is 22.7 Å². The largest absolute Gasteiger partial charge is 0.478 e. The fraction of sp³-hybridized carbons (Fsp3) is 0.308. The molecule has 0 unspecified atom stereocenters. The highest BCUT2D eigenvalue weighted by Gasteiger charge is 2.31. The van der Waals surface area contributed by atoms with Crippen LogP contribution in [0.5, 0.6) is 0 Å². The number of hydrogen-bond donors (Lipinski definition) is 2. The number of rotatable bonds is 6. The molecule has 0 radical (unpaired) electrons. The van der Waals surface area contributed by atoms with Crippen molar-refractivity contribution in [2.24, 2.45) is 0 Å². The van der Waals surface area contributed by atoms with Crippen molar-refractivity contribution in [3.05, 3.63) is 40.7 Å². The predicted molar refractivity (Wildman–Crippen MR) is 76.0 cm³/mol. The average molecular weight is 327 g/mol. The maximum absolute atomic E-state index is 12.3.